The molecule has 2 aromatic carbocycles. The predicted octanol–water partition coefficient (Wildman–Crippen LogP) is 6.01. The van der Waals surface area contributed by atoms with Crippen molar-refractivity contribution in [2.75, 3.05) is 19.6 Å². The molecule has 4 amide bonds. The highest BCUT2D eigenvalue weighted by Crippen LogP contribution is 2.60. The fourth-order valence-electron chi connectivity index (χ4n) is 12.1. The molecule has 316 valence electrons. The van der Waals surface area contributed by atoms with Crippen LogP contribution in [0.2, 0.25) is 5.02 Å². The zero-order valence-corrected chi connectivity index (χ0v) is 35.9. The van der Waals surface area contributed by atoms with E-state index >= 15 is 0 Å². The zero-order chi connectivity index (χ0) is 42.5. The summed E-state index contributed by atoms with van der Waals surface area (Å²) >= 11 is 6.35. The number of nitrogens with one attached hydrogen (secondary N) is 1. The van der Waals surface area contributed by atoms with Crippen molar-refractivity contribution in [1.82, 2.24) is 24.9 Å². The van der Waals surface area contributed by atoms with E-state index in [9.17, 15) is 24.4 Å². The molecule has 0 bridgehead atoms. The van der Waals surface area contributed by atoms with E-state index in [0.29, 0.717) is 45.5 Å². The number of allylic oxidation sites excluding steroid dienone is 1. The van der Waals surface area contributed by atoms with Crippen LogP contribution in [0.4, 0.5) is 0 Å². The van der Waals surface area contributed by atoms with Crippen molar-refractivity contribution in [3.05, 3.63) is 70.4 Å². The second-order valence-corrected chi connectivity index (χ2v) is 20.1. The Bertz CT molecular complexity index is 2210. The van der Waals surface area contributed by atoms with Gasteiger partial charge in [-0.25, -0.2) is 0 Å². The van der Waals surface area contributed by atoms with Gasteiger partial charge < -0.3 is 14.4 Å². The Hall–Kier alpha value is -4.77. The molecule has 13 nitrogen and oxygen atoms in total. The highest BCUT2D eigenvalue weighted by atomic mass is 35.5. The lowest BCUT2D eigenvalue weighted by Crippen LogP contribution is -2.77. The number of hydrogen-bond donors (Lipinski definition) is 1. The van der Waals surface area contributed by atoms with Crippen LogP contribution < -0.4 is 14.8 Å². The number of halogens is 1. The SMILES string of the molecule is CC(C)N(CC1CC2(C1)CN(C1N=CC=CN1C1C(C)(C)C(Oc3ccc(C#N)c(Cl)c3)C1(C)C)C2)C1CC(Oc2ccc3c(c2)C(=O)N([C@@H]2CCC(=O)NC2=O)C3=O)C1. The number of piperidine rings is 1. The first kappa shape index (κ1) is 40.6. The Morgan fingerprint density at radius 1 is 0.967 bits per heavy atom. The van der Waals surface area contributed by atoms with Crippen LogP contribution in [0.3, 0.4) is 0 Å². The molecule has 5 fully saturated rings. The van der Waals surface area contributed by atoms with Crippen LogP contribution in [0.25, 0.3) is 0 Å². The monoisotopic (exact) mass is 835 g/mol. The number of benzene rings is 2. The van der Waals surface area contributed by atoms with Crippen LogP contribution in [-0.4, -0.2) is 112 Å². The number of carbonyl (C=O) groups is 4. The average molecular weight is 836 g/mol. The molecule has 0 radical (unpaired) electrons. The van der Waals surface area contributed by atoms with Gasteiger partial charge in [0.25, 0.3) is 11.8 Å². The van der Waals surface area contributed by atoms with E-state index in [-0.39, 0.29) is 59.3 Å². The van der Waals surface area contributed by atoms with Gasteiger partial charge >= 0.3 is 0 Å². The number of nitriles is 1. The van der Waals surface area contributed by atoms with Gasteiger partial charge in [-0.3, -0.25) is 44.2 Å². The topological polar surface area (TPSA) is 148 Å². The molecular formula is C46H54ClN7O6. The third kappa shape index (κ3) is 6.70. The minimum atomic E-state index is -0.993. The molecule has 2 saturated heterocycles. The standard InChI is InChI=1S/C46H54ClN7O6/c1-26(2)53(29-16-32(17-29)59-30-10-11-33-34(18-30)40(58)54(39(33)57)36-12-13-37(55)50-38(36)56)23-27-20-46(21-27)24-51(25-46)43-49-14-7-15-52(43)41-44(3,4)42(45(41,5)6)60-31-9-8-28(22-48)35(47)19-31/h7-11,14-15,18-19,26-27,29,32,36,41-43H,12-13,16-17,20-21,23-25H2,1-6H3,(H,50,55,56)/t29?,32?,36-,41?,42?,43?/m1/s1. The van der Waals surface area contributed by atoms with Gasteiger partial charge in [0.2, 0.25) is 11.8 Å². The van der Waals surface area contributed by atoms with Crippen molar-refractivity contribution < 1.29 is 28.7 Å². The molecule has 14 heteroatoms. The van der Waals surface area contributed by atoms with Crippen LogP contribution in [-0.2, 0) is 9.59 Å². The maximum Gasteiger partial charge on any atom is 0.262 e. The summed E-state index contributed by atoms with van der Waals surface area (Å²) in [5, 5.41) is 12.0. The number of likely N-dealkylation sites (tertiary alicyclic amines) is 1. The smallest absolute Gasteiger partial charge is 0.262 e. The van der Waals surface area contributed by atoms with Gasteiger partial charge in [0.15, 0.2) is 6.29 Å². The van der Waals surface area contributed by atoms with E-state index in [4.69, 9.17) is 26.1 Å². The van der Waals surface area contributed by atoms with Crippen molar-refractivity contribution in [1.29, 1.82) is 5.26 Å². The number of rotatable bonds is 11. The number of ether oxygens (including phenoxy) is 2. The van der Waals surface area contributed by atoms with Crippen LogP contribution in [0, 0.1) is 33.5 Å². The Morgan fingerprint density at radius 2 is 1.65 bits per heavy atom. The van der Waals surface area contributed by atoms with E-state index in [1.54, 1.807) is 30.3 Å². The van der Waals surface area contributed by atoms with Gasteiger partial charge in [-0.2, -0.15) is 5.26 Å². The van der Waals surface area contributed by atoms with Crippen molar-refractivity contribution in [2.24, 2.45) is 27.2 Å². The van der Waals surface area contributed by atoms with E-state index in [2.05, 4.69) is 73.8 Å². The van der Waals surface area contributed by atoms with Crippen molar-refractivity contribution in [2.45, 2.75) is 123 Å². The summed E-state index contributed by atoms with van der Waals surface area (Å²) in [4.78, 5) is 64.2. The maximum atomic E-state index is 13.3. The maximum absolute atomic E-state index is 13.3. The summed E-state index contributed by atoms with van der Waals surface area (Å²) in [7, 11) is 0. The highest BCUT2D eigenvalue weighted by Gasteiger charge is 2.67. The van der Waals surface area contributed by atoms with Gasteiger partial charge in [-0.15, -0.1) is 0 Å². The van der Waals surface area contributed by atoms with E-state index in [1.165, 1.54) is 12.8 Å². The lowest BCUT2D eigenvalue weighted by Gasteiger charge is -2.69. The summed E-state index contributed by atoms with van der Waals surface area (Å²) in [6.45, 7) is 16.8. The molecular weight excluding hydrogens is 782 g/mol. The first-order valence-electron chi connectivity index (χ1n) is 21.4. The number of carbonyl (C=O) groups excluding carboxylic acids is 4. The molecule has 2 aromatic rings. The lowest BCUT2D eigenvalue weighted by atomic mass is 9.48. The number of fused-ring (bicyclic) bond motifs is 1. The molecule has 3 aliphatic carbocycles. The van der Waals surface area contributed by atoms with E-state index in [1.807, 2.05) is 18.4 Å². The predicted molar refractivity (Wildman–Crippen MR) is 224 cm³/mol. The van der Waals surface area contributed by atoms with Gasteiger partial charge in [0.05, 0.1) is 21.7 Å². The molecule has 2 atom stereocenters. The van der Waals surface area contributed by atoms with Crippen LogP contribution >= 0.6 is 11.6 Å². The second-order valence-electron chi connectivity index (χ2n) is 19.7. The first-order chi connectivity index (χ1) is 28.5. The summed E-state index contributed by atoms with van der Waals surface area (Å²) in [6.07, 6.45) is 10.5. The zero-order valence-electron chi connectivity index (χ0n) is 35.2. The molecule has 60 heavy (non-hydrogen) atoms. The third-order valence-corrected chi connectivity index (χ3v) is 14.7. The Balaban J connectivity index is 0.761. The number of nitrogens with zero attached hydrogens (tertiary/aromatic N) is 6. The Labute approximate surface area is 356 Å². The van der Waals surface area contributed by atoms with Crippen LogP contribution in [0.5, 0.6) is 11.5 Å². The Kier molecular flexibility index (Phi) is 9.96. The van der Waals surface area contributed by atoms with Gasteiger partial charge in [-0.1, -0.05) is 39.3 Å². The van der Waals surface area contributed by atoms with E-state index < -0.39 is 29.7 Å². The molecule has 3 saturated carbocycles. The minimum Gasteiger partial charge on any atom is -0.490 e. The molecule has 4 aliphatic heterocycles. The Morgan fingerprint density at radius 3 is 2.32 bits per heavy atom. The molecule has 9 rings (SSSR count). The first-order valence-corrected chi connectivity index (χ1v) is 21.7. The molecule has 1 N–H and O–H groups in total. The fourth-order valence-corrected chi connectivity index (χ4v) is 12.3. The van der Waals surface area contributed by atoms with E-state index in [0.717, 1.165) is 37.4 Å². The van der Waals surface area contributed by atoms with Crippen LogP contribution in [0.1, 0.15) is 106 Å². The lowest BCUT2D eigenvalue weighted by molar-refractivity contribution is -0.229. The number of aliphatic imine (C=N–C) groups is 1. The highest BCUT2D eigenvalue weighted by molar-refractivity contribution is 6.31. The van der Waals surface area contributed by atoms with Crippen LogP contribution in [0.15, 0.2) is 53.7 Å². The number of amides is 4. The summed E-state index contributed by atoms with van der Waals surface area (Å²) in [5.41, 5.74) is 0.894. The molecule has 0 aromatic heterocycles. The molecule has 7 aliphatic rings. The van der Waals surface area contributed by atoms with Gasteiger partial charge in [0, 0.05) is 86.3 Å². The molecule has 4 heterocycles. The normalized spacial score (nSPS) is 30.1. The molecule has 1 spiro atoms. The third-order valence-electron chi connectivity index (χ3n) is 14.4. The van der Waals surface area contributed by atoms with Crippen molar-refractivity contribution in [3.63, 3.8) is 0 Å². The van der Waals surface area contributed by atoms with Gasteiger partial charge in [0.1, 0.15) is 35.8 Å². The van der Waals surface area contributed by atoms with Crippen molar-refractivity contribution in [3.8, 4) is 17.6 Å². The quantitative estimate of drug-likeness (QED) is 0.267. The summed E-state index contributed by atoms with van der Waals surface area (Å²) in [6, 6.07) is 12.4. The van der Waals surface area contributed by atoms with Gasteiger partial charge in [-0.05, 0) is 80.9 Å². The average Bonchev–Trinajstić information content (AvgIpc) is 3.39. The van der Waals surface area contributed by atoms with Crippen molar-refractivity contribution >= 4 is 41.4 Å². The number of imide groups is 2. The fraction of sp³-hybridized carbons (Fsp3) is 0.565. The largest absolute Gasteiger partial charge is 0.490 e. The molecule has 1 unspecified atom stereocenters. The number of hydrogen-bond acceptors (Lipinski definition) is 11. The summed E-state index contributed by atoms with van der Waals surface area (Å²) in [5.74, 6) is -0.205. The second kappa shape index (κ2) is 14.7. The summed E-state index contributed by atoms with van der Waals surface area (Å²) < 4.78 is 12.9. The minimum absolute atomic E-state index is 0.00985.